The summed E-state index contributed by atoms with van der Waals surface area (Å²) in [6.07, 6.45) is 1.18. The van der Waals surface area contributed by atoms with E-state index in [0.717, 1.165) is 0 Å². The van der Waals surface area contributed by atoms with Crippen molar-refractivity contribution in [3.8, 4) is 0 Å². The molecule has 0 fully saturated rings. The van der Waals surface area contributed by atoms with E-state index in [1.807, 2.05) is 0 Å². The van der Waals surface area contributed by atoms with Gasteiger partial charge in [-0.2, -0.15) is 0 Å². The summed E-state index contributed by atoms with van der Waals surface area (Å²) in [5.41, 5.74) is 0.100. The molecule has 0 bridgehead atoms. The summed E-state index contributed by atoms with van der Waals surface area (Å²) in [4.78, 5) is 14.9. The van der Waals surface area contributed by atoms with Crippen molar-refractivity contribution in [2.45, 2.75) is 18.2 Å². The standard InChI is InChI=1S/C9H12N2O4S/c1-2-15-9(12)6-7-8(16(10,13)14)4-3-5-11-7/h3-5H,2,6H2,1H3,(H2,10,13,14). The molecular formula is C9H12N2O4S. The minimum absolute atomic E-state index is 0.100. The third-order valence-corrected chi connectivity index (χ3v) is 2.76. The zero-order valence-electron chi connectivity index (χ0n) is 8.71. The normalized spacial score (nSPS) is 11.1. The molecule has 0 aliphatic carbocycles. The predicted octanol–water partition coefficient (Wildman–Crippen LogP) is -0.165. The first kappa shape index (κ1) is 12.6. The molecule has 0 unspecified atom stereocenters. The van der Waals surface area contributed by atoms with Crippen molar-refractivity contribution >= 4 is 16.0 Å². The summed E-state index contributed by atoms with van der Waals surface area (Å²) in [7, 11) is -3.86. The number of esters is 1. The molecule has 0 aromatic carbocycles. The molecule has 1 heterocycles. The van der Waals surface area contributed by atoms with Gasteiger partial charge in [0.25, 0.3) is 0 Å². The van der Waals surface area contributed by atoms with Gasteiger partial charge in [-0.05, 0) is 19.1 Å². The molecule has 0 spiro atoms. The number of hydrogen-bond acceptors (Lipinski definition) is 5. The highest BCUT2D eigenvalue weighted by Crippen LogP contribution is 2.11. The number of nitrogens with two attached hydrogens (primary N) is 1. The van der Waals surface area contributed by atoms with Crippen LogP contribution in [0.1, 0.15) is 12.6 Å². The van der Waals surface area contributed by atoms with E-state index in [-0.39, 0.29) is 23.6 Å². The number of nitrogens with zero attached hydrogens (tertiary/aromatic N) is 1. The van der Waals surface area contributed by atoms with Crippen LogP contribution in [0.2, 0.25) is 0 Å². The van der Waals surface area contributed by atoms with E-state index in [4.69, 9.17) is 9.88 Å². The molecule has 1 aromatic rings. The molecule has 2 N–H and O–H groups in total. The van der Waals surface area contributed by atoms with Crippen LogP contribution in [0, 0.1) is 0 Å². The van der Waals surface area contributed by atoms with E-state index >= 15 is 0 Å². The van der Waals surface area contributed by atoms with E-state index in [2.05, 4.69) is 4.98 Å². The molecule has 0 aliphatic heterocycles. The molecule has 0 aliphatic rings. The molecule has 1 rings (SSSR count). The second-order valence-corrected chi connectivity index (χ2v) is 4.50. The van der Waals surface area contributed by atoms with Crippen LogP contribution < -0.4 is 5.14 Å². The van der Waals surface area contributed by atoms with Crippen molar-refractivity contribution in [3.05, 3.63) is 24.0 Å². The van der Waals surface area contributed by atoms with Crippen molar-refractivity contribution in [2.24, 2.45) is 5.14 Å². The highest BCUT2D eigenvalue weighted by molar-refractivity contribution is 7.89. The fraction of sp³-hybridized carbons (Fsp3) is 0.333. The molecule has 7 heteroatoms. The molecule has 6 nitrogen and oxygen atoms in total. The van der Waals surface area contributed by atoms with Gasteiger partial charge in [-0.15, -0.1) is 0 Å². The molecule has 88 valence electrons. The van der Waals surface area contributed by atoms with Crippen molar-refractivity contribution < 1.29 is 17.9 Å². The maximum Gasteiger partial charge on any atom is 0.311 e. The van der Waals surface area contributed by atoms with Gasteiger partial charge < -0.3 is 4.74 Å². The number of aromatic nitrogens is 1. The number of primary sulfonamides is 1. The third-order valence-electron chi connectivity index (χ3n) is 1.77. The molecular weight excluding hydrogens is 232 g/mol. The summed E-state index contributed by atoms with van der Waals surface area (Å²) < 4.78 is 27.1. The second kappa shape index (κ2) is 5.04. The Balaban J connectivity index is 3.01. The summed E-state index contributed by atoms with van der Waals surface area (Å²) in [6, 6.07) is 2.74. The summed E-state index contributed by atoms with van der Waals surface area (Å²) in [5.74, 6) is -0.536. The van der Waals surface area contributed by atoms with Crippen molar-refractivity contribution in [3.63, 3.8) is 0 Å². The van der Waals surface area contributed by atoms with Crippen molar-refractivity contribution in [1.29, 1.82) is 0 Å². The Hall–Kier alpha value is -1.47. The highest BCUT2D eigenvalue weighted by atomic mass is 32.2. The zero-order chi connectivity index (χ0) is 12.2. The minimum atomic E-state index is -3.86. The van der Waals surface area contributed by atoms with Crippen LogP contribution in [-0.4, -0.2) is 26.0 Å². The Labute approximate surface area is 93.5 Å². The summed E-state index contributed by atoms with van der Waals surface area (Å²) in [5, 5.41) is 4.99. The number of ether oxygens (including phenoxy) is 1. The van der Waals surface area contributed by atoms with E-state index in [1.54, 1.807) is 6.92 Å². The lowest BCUT2D eigenvalue weighted by Gasteiger charge is -2.05. The highest BCUT2D eigenvalue weighted by Gasteiger charge is 2.17. The van der Waals surface area contributed by atoms with Crippen molar-refractivity contribution in [2.75, 3.05) is 6.61 Å². The van der Waals surface area contributed by atoms with Crippen molar-refractivity contribution in [1.82, 2.24) is 4.98 Å². The lowest BCUT2D eigenvalue weighted by atomic mass is 10.3. The molecule has 0 saturated carbocycles. The Morgan fingerprint density at radius 2 is 2.25 bits per heavy atom. The number of pyridine rings is 1. The smallest absolute Gasteiger partial charge is 0.311 e. The van der Waals surface area contributed by atoms with Crippen LogP contribution >= 0.6 is 0 Å². The largest absolute Gasteiger partial charge is 0.466 e. The maximum absolute atomic E-state index is 11.2. The van der Waals surface area contributed by atoms with Crippen LogP contribution in [0.5, 0.6) is 0 Å². The summed E-state index contributed by atoms with van der Waals surface area (Å²) in [6.45, 7) is 1.90. The monoisotopic (exact) mass is 244 g/mol. The van der Waals surface area contributed by atoms with E-state index < -0.39 is 16.0 Å². The lowest BCUT2D eigenvalue weighted by molar-refractivity contribution is -0.142. The zero-order valence-corrected chi connectivity index (χ0v) is 9.53. The number of carbonyl (C=O) groups is 1. The van der Waals surface area contributed by atoms with Gasteiger partial charge in [-0.1, -0.05) is 0 Å². The predicted molar refractivity (Wildman–Crippen MR) is 55.9 cm³/mol. The van der Waals surface area contributed by atoms with E-state index in [0.29, 0.717) is 0 Å². The van der Waals surface area contributed by atoms with Crippen LogP contribution in [0.25, 0.3) is 0 Å². The first-order valence-corrected chi connectivity index (χ1v) is 6.12. The van der Waals surface area contributed by atoms with Crippen LogP contribution in [0.3, 0.4) is 0 Å². The Kier molecular flexibility index (Phi) is 3.97. The molecule has 0 atom stereocenters. The van der Waals surface area contributed by atoms with Gasteiger partial charge in [0.2, 0.25) is 10.0 Å². The van der Waals surface area contributed by atoms with Gasteiger partial charge in [-0.3, -0.25) is 9.78 Å². The van der Waals surface area contributed by atoms with Gasteiger partial charge in [0.1, 0.15) is 4.90 Å². The fourth-order valence-electron chi connectivity index (χ4n) is 1.16. The van der Waals surface area contributed by atoms with Gasteiger partial charge in [0.05, 0.1) is 18.7 Å². The lowest BCUT2D eigenvalue weighted by Crippen LogP contribution is -2.18. The Morgan fingerprint density at radius 3 is 2.81 bits per heavy atom. The van der Waals surface area contributed by atoms with Crippen LogP contribution in [0.4, 0.5) is 0 Å². The van der Waals surface area contributed by atoms with Gasteiger partial charge in [0.15, 0.2) is 0 Å². The van der Waals surface area contributed by atoms with E-state index in [1.165, 1.54) is 18.3 Å². The number of hydrogen-bond donors (Lipinski definition) is 1. The SMILES string of the molecule is CCOC(=O)Cc1ncccc1S(N)(=O)=O. The van der Waals surface area contributed by atoms with E-state index in [9.17, 15) is 13.2 Å². The first-order valence-electron chi connectivity index (χ1n) is 4.57. The molecule has 0 saturated heterocycles. The van der Waals surface area contributed by atoms with Gasteiger partial charge in [0, 0.05) is 6.20 Å². The average Bonchev–Trinajstić information content (AvgIpc) is 2.17. The van der Waals surface area contributed by atoms with Crippen LogP contribution in [-0.2, 0) is 26.0 Å². The third kappa shape index (κ3) is 3.28. The number of carbonyl (C=O) groups excluding carboxylic acids is 1. The van der Waals surface area contributed by atoms with Gasteiger partial charge >= 0.3 is 5.97 Å². The molecule has 1 aromatic heterocycles. The topological polar surface area (TPSA) is 99.3 Å². The fourth-order valence-corrected chi connectivity index (χ4v) is 1.89. The van der Waals surface area contributed by atoms with Crippen LogP contribution in [0.15, 0.2) is 23.2 Å². The quantitative estimate of drug-likeness (QED) is 0.741. The number of sulfonamides is 1. The summed E-state index contributed by atoms with van der Waals surface area (Å²) >= 11 is 0. The molecule has 0 amide bonds. The first-order chi connectivity index (χ1) is 7.45. The minimum Gasteiger partial charge on any atom is -0.466 e. The molecule has 16 heavy (non-hydrogen) atoms. The second-order valence-electron chi connectivity index (χ2n) is 2.98. The Morgan fingerprint density at radius 1 is 1.56 bits per heavy atom. The van der Waals surface area contributed by atoms with Gasteiger partial charge in [-0.25, -0.2) is 13.6 Å². The number of rotatable bonds is 4. The maximum atomic E-state index is 11.2. The average molecular weight is 244 g/mol. The molecule has 0 radical (unpaired) electrons. The Bertz CT molecular complexity index is 484.